The highest BCUT2D eigenvalue weighted by atomic mass is 16.7. The molecule has 13 heavy (non-hydrogen) atoms. The first-order chi connectivity index (χ1) is 6.36. The summed E-state index contributed by atoms with van der Waals surface area (Å²) >= 11 is 0. The molecule has 0 radical (unpaired) electrons. The number of fused-ring (bicyclic) bond motifs is 1. The van der Waals surface area contributed by atoms with E-state index in [0.717, 1.165) is 11.0 Å². The van der Waals surface area contributed by atoms with Crippen molar-refractivity contribution in [2.24, 2.45) is 0 Å². The van der Waals surface area contributed by atoms with E-state index in [4.69, 9.17) is 9.57 Å². The van der Waals surface area contributed by atoms with Gasteiger partial charge in [-0.1, -0.05) is 0 Å². The van der Waals surface area contributed by atoms with E-state index in [9.17, 15) is 0 Å². The molecule has 2 rings (SSSR count). The first kappa shape index (κ1) is 7.91. The van der Waals surface area contributed by atoms with Crippen LogP contribution in [0.1, 0.15) is 0 Å². The second-order valence-electron chi connectivity index (χ2n) is 2.57. The lowest BCUT2D eigenvalue weighted by Gasteiger charge is -2.05. The summed E-state index contributed by atoms with van der Waals surface area (Å²) in [6.45, 7) is 0. The Balaban J connectivity index is 2.73. The van der Waals surface area contributed by atoms with Gasteiger partial charge in [0, 0.05) is 12.3 Å². The molecule has 0 amide bonds. The van der Waals surface area contributed by atoms with Gasteiger partial charge in [0.1, 0.15) is 12.6 Å². The van der Waals surface area contributed by atoms with E-state index in [0.29, 0.717) is 5.88 Å². The number of pyridine rings is 1. The van der Waals surface area contributed by atoms with Crippen molar-refractivity contribution in [3.8, 4) is 5.88 Å². The maximum Gasteiger partial charge on any atom is 0.229 e. The van der Waals surface area contributed by atoms with Crippen molar-refractivity contribution < 1.29 is 9.57 Å². The Bertz CT molecular complexity index is 422. The van der Waals surface area contributed by atoms with Crippen LogP contribution in [0.4, 0.5) is 0 Å². The number of rotatable bonds is 2. The Hall–Kier alpha value is -1.71. The van der Waals surface area contributed by atoms with Crippen molar-refractivity contribution in [2.45, 2.75) is 0 Å². The summed E-state index contributed by atoms with van der Waals surface area (Å²) in [4.78, 5) is 9.32. The van der Waals surface area contributed by atoms with Crippen molar-refractivity contribution in [2.75, 3.05) is 14.2 Å². The van der Waals surface area contributed by atoms with Crippen molar-refractivity contribution in [1.82, 2.24) is 9.71 Å². The fourth-order valence-electron chi connectivity index (χ4n) is 1.32. The normalized spacial score (nSPS) is 10.3. The van der Waals surface area contributed by atoms with Crippen LogP contribution in [-0.4, -0.2) is 23.9 Å². The van der Waals surface area contributed by atoms with Crippen LogP contribution in [0.3, 0.4) is 0 Å². The molecule has 0 aliphatic heterocycles. The lowest BCUT2D eigenvalue weighted by Crippen LogP contribution is -2.06. The molecule has 0 aliphatic carbocycles. The summed E-state index contributed by atoms with van der Waals surface area (Å²) in [5, 5.41) is 0. The molecule has 0 aliphatic rings. The van der Waals surface area contributed by atoms with Crippen LogP contribution < -0.4 is 9.57 Å². The number of ether oxygens (including phenoxy) is 1. The molecule has 0 atom stereocenters. The predicted octanol–water partition coefficient (Wildman–Crippen LogP) is 1.10. The average molecular weight is 178 g/mol. The van der Waals surface area contributed by atoms with Crippen molar-refractivity contribution in [3.05, 3.63) is 24.4 Å². The smallest absolute Gasteiger partial charge is 0.229 e. The van der Waals surface area contributed by atoms with Crippen LogP contribution in [0.25, 0.3) is 11.0 Å². The zero-order valence-electron chi connectivity index (χ0n) is 7.52. The standard InChI is InChI=1S/C9H10N2O2/c1-12-9-6-7-8(11(9)13-2)4-3-5-10-7/h3-6H,1-2H3. The molecule has 0 bridgehead atoms. The van der Waals surface area contributed by atoms with Gasteiger partial charge in [-0.25, -0.2) is 0 Å². The maximum absolute atomic E-state index is 5.14. The molecule has 0 fully saturated rings. The summed E-state index contributed by atoms with van der Waals surface area (Å²) in [7, 11) is 3.19. The molecule has 2 aromatic rings. The van der Waals surface area contributed by atoms with Gasteiger partial charge >= 0.3 is 0 Å². The zero-order chi connectivity index (χ0) is 9.26. The largest absolute Gasteiger partial charge is 0.480 e. The number of hydrogen-bond acceptors (Lipinski definition) is 3. The van der Waals surface area contributed by atoms with Crippen molar-refractivity contribution >= 4 is 11.0 Å². The maximum atomic E-state index is 5.14. The number of nitrogens with zero attached hydrogens (tertiary/aromatic N) is 2. The lowest BCUT2D eigenvalue weighted by atomic mass is 10.4. The van der Waals surface area contributed by atoms with Crippen LogP contribution in [0.2, 0.25) is 0 Å². The minimum Gasteiger partial charge on any atom is -0.480 e. The summed E-state index contributed by atoms with van der Waals surface area (Å²) in [5.41, 5.74) is 1.77. The van der Waals surface area contributed by atoms with Gasteiger partial charge in [-0.2, -0.15) is 0 Å². The van der Waals surface area contributed by atoms with Crippen LogP contribution in [0.5, 0.6) is 5.88 Å². The summed E-state index contributed by atoms with van der Waals surface area (Å²) in [6, 6.07) is 5.62. The van der Waals surface area contributed by atoms with E-state index >= 15 is 0 Å². The third-order valence-electron chi connectivity index (χ3n) is 1.89. The topological polar surface area (TPSA) is 36.3 Å². The number of methoxy groups -OCH3 is 1. The highest BCUT2D eigenvalue weighted by Gasteiger charge is 2.08. The minimum absolute atomic E-state index is 0.649. The van der Waals surface area contributed by atoms with Crippen LogP contribution in [-0.2, 0) is 0 Å². The van der Waals surface area contributed by atoms with E-state index < -0.39 is 0 Å². The third-order valence-corrected chi connectivity index (χ3v) is 1.89. The molecule has 0 unspecified atom stereocenters. The van der Waals surface area contributed by atoms with Gasteiger partial charge in [0.05, 0.1) is 12.6 Å². The quantitative estimate of drug-likeness (QED) is 0.691. The summed E-state index contributed by atoms with van der Waals surface area (Å²) in [5.74, 6) is 0.649. The van der Waals surface area contributed by atoms with Crippen LogP contribution >= 0.6 is 0 Å². The van der Waals surface area contributed by atoms with Gasteiger partial charge in [-0.05, 0) is 12.1 Å². The molecule has 0 aromatic carbocycles. The molecule has 2 heterocycles. The SMILES string of the molecule is COc1cc2ncccc2n1OC. The van der Waals surface area contributed by atoms with Crippen LogP contribution in [0, 0.1) is 0 Å². The third kappa shape index (κ3) is 1.11. The Morgan fingerprint density at radius 1 is 1.38 bits per heavy atom. The van der Waals surface area contributed by atoms with Crippen molar-refractivity contribution in [3.63, 3.8) is 0 Å². The van der Waals surface area contributed by atoms with Gasteiger partial charge in [-0.15, -0.1) is 4.73 Å². The van der Waals surface area contributed by atoms with Gasteiger partial charge in [0.2, 0.25) is 5.88 Å². The van der Waals surface area contributed by atoms with Crippen molar-refractivity contribution in [1.29, 1.82) is 0 Å². The molecule has 68 valence electrons. The second-order valence-corrected chi connectivity index (χ2v) is 2.57. The molecule has 2 aromatic heterocycles. The summed E-state index contributed by atoms with van der Waals surface area (Å²) in [6.07, 6.45) is 1.74. The van der Waals surface area contributed by atoms with Gasteiger partial charge in [0.15, 0.2) is 0 Å². The second kappa shape index (κ2) is 2.97. The predicted molar refractivity (Wildman–Crippen MR) is 48.8 cm³/mol. The molecular weight excluding hydrogens is 168 g/mol. The van der Waals surface area contributed by atoms with E-state index in [2.05, 4.69) is 4.98 Å². The number of hydrogen-bond donors (Lipinski definition) is 0. The Morgan fingerprint density at radius 3 is 2.92 bits per heavy atom. The Labute approximate surface area is 75.7 Å². The fourth-order valence-corrected chi connectivity index (χ4v) is 1.32. The Morgan fingerprint density at radius 2 is 2.23 bits per heavy atom. The van der Waals surface area contributed by atoms with E-state index in [1.54, 1.807) is 25.1 Å². The van der Waals surface area contributed by atoms with Gasteiger partial charge in [-0.3, -0.25) is 4.98 Å². The molecule has 0 spiro atoms. The number of aromatic nitrogens is 2. The fraction of sp³-hybridized carbons (Fsp3) is 0.222. The lowest BCUT2D eigenvalue weighted by molar-refractivity contribution is 0.150. The molecular formula is C9H10N2O2. The van der Waals surface area contributed by atoms with E-state index in [-0.39, 0.29) is 0 Å². The highest BCUT2D eigenvalue weighted by Crippen LogP contribution is 2.21. The minimum atomic E-state index is 0.649. The monoisotopic (exact) mass is 178 g/mol. The molecule has 4 nitrogen and oxygen atoms in total. The van der Waals surface area contributed by atoms with Gasteiger partial charge < -0.3 is 9.57 Å². The average Bonchev–Trinajstić information content (AvgIpc) is 2.55. The molecule has 0 N–H and O–H groups in total. The van der Waals surface area contributed by atoms with E-state index in [1.807, 2.05) is 18.2 Å². The Kier molecular flexibility index (Phi) is 1.81. The molecule has 0 saturated heterocycles. The van der Waals surface area contributed by atoms with E-state index in [1.165, 1.54) is 0 Å². The highest BCUT2D eigenvalue weighted by molar-refractivity contribution is 5.77. The zero-order valence-corrected chi connectivity index (χ0v) is 7.52. The molecule has 4 heteroatoms. The first-order valence-electron chi connectivity index (χ1n) is 3.91. The van der Waals surface area contributed by atoms with Gasteiger partial charge in [0.25, 0.3) is 0 Å². The molecule has 0 saturated carbocycles. The first-order valence-corrected chi connectivity index (χ1v) is 3.91. The van der Waals surface area contributed by atoms with Crippen LogP contribution in [0.15, 0.2) is 24.4 Å². The summed E-state index contributed by atoms with van der Waals surface area (Å²) < 4.78 is 6.72.